The molecule has 31 heavy (non-hydrogen) atoms. The molecule has 0 bridgehead atoms. The molecular weight excluding hydrogens is 409 g/mol. The third-order valence-corrected chi connectivity index (χ3v) is 5.13. The number of hydrogen-bond donors (Lipinski definition) is 1. The number of aromatic nitrogens is 5. The fourth-order valence-corrected chi connectivity index (χ4v) is 3.19. The first kappa shape index (κ1) is 20.6. The molecule has 1 amide bonds. The summed E-state index contributed by atoms with van der Waals surface area (Å²) in [5, 5.41) is 10.6. The second-order valence-electron chi connectivity index (χ2n) is 7.25. The maximum Gasteiger partial charge on any atom is 0.433 e. The van der Waals surface area contributed by atoms with E-state index in [0.29, 0.717) is 10.1 Å². The molecule has 10 heteroatoms. The van der Waals surface area contributed by atoms with Gasteiger partial charge in [-0.2, -0.15) is 23.4 Å². The Hall–Kier alpha value is -3.69. The standard InChI is InChI=1S/C21H19F3N6O/c1-12-4-6-14(7-5-12)17-8-18(21(22,23)24)30-19(28-17)16(11-27-30)20(31)25-9-15-10-26-29(3)13(15)2/h4-8,10-11H,9H2,1-3H3,(H,25,31). The summed E-state index contributed by atoms with van der Waals surface area (Å²) in [5.41, 5.74) is 2.06. The largest absolute Gasteiger partial charge is 0.433 e. The topological polar surface area (TPSA) is 77.1 Å². The van der Waals surface area contributed by atoms with Crippen LogP contribution in [0.1, 0.15) is 32.9 Å². The van der Waals surface area contributed by atoms with E-state index in [4.69, 9.17) is 0 Å². The van der Waals surface area contributed by atoms with Gasteiger partial charge >= 0.3 is 6.18 Å². The summed E-state index contributed by atoms with van der Waals surface area (Å²) in [6, 6.07) is 7.89. The molecule has 4 aromatic rings. The van der Waals surface area contributed by atoms with Crippen molar-refractivity contribution in [3.8, 4) is 11.3 Å². The van der Waals surface area contributed by atoms with Crippen LogP contribution in [0.4, 0.5) is 13.2 Å². The number of nitrogens with zero attached hydrogens (tertiary/aromatic N) is 5. The summed E-state index contributed by atoms with van der Waals surface area (Å²) < 4.78 is 43.4. The number of nitrogens with one attached hydrogen (secondary N) is 1. The van der Waals surface area contributed by atoms with Crippen LogP contribution in [0, 0.1) is 13.8 Å². The summed E-state index contributed by atoms with van der Waals surface area (Å²) in [7, 11) is 1.78. The van der Waals surface area contributed by atoms with Gasteiger partial charge in [-0.3, -0.25) is 9.48 Å². The van der Waals surface area contributed by atoms with Crippen LogP contribution in [0.15, 0.2) is 42.7 Å². The van der Waals surface area contributed by atoms with Crippen LogP contribution < -0.4 is 5.32 Å². The lowest BCUT2D eigenvalue weighted by atomic mass is 10.1. The van der Waals surface area contributed by atoms with Gasteiger partial charge in [0, 0.05) is 30.4 Å². The predicted molar refractivity (Wildman–Crippen MR) is 107 cm³/mol. The quantitative estimate of drug-likeness (QED) is 0.538. The fourth-order valence-electron chi connectivity index (χ4n) is 3.19. The van der Waals surface area contributed by atoms with Crippen LogP contribution in [0.25, 0.3) is 16.9 Å². The molecule has 0 saturated carbocycles. The highest BCUT2D eigenvalue weighted by molar-refractivity contribution is 5.99. The van der Waals surface area contributed by atoms with Crippen LogP contribution in [-0.4, -0.2) is 30.3 Å². The Labute approximate surface area is 175 Å². The first-order valence-corrected chi connectivity index (χ1v) is 9.44. The van der Waals surface area contributed by atoms with Crippen molar-refractivity contribution in [1.29, 1.82) is 0 Å². The third kappa shape index (κ3) is 3.88. The number of rotatable bonds is 4. The van der Waals surface area contributed by atoms with E-state index in [1.165, 1.54) is 0 Å². The molecule has 3 heterocycles. The van der Waals surface area contributed by atoms with E-state index in [0.717, 1.165) is 29.1 Å². The van der Waals surface area contributed by atoms with Crippen molar-refractivity contribution in [3.63, 3.8) is 0 Å². The maximum absolute atomic E-state index is 13.7. The molecule has 0 fully saturated rings. The van der Waals surface area contributed by atoms with Crippen molar-refractivity contribution in [2.24, 2.45) is 7.05 Å². The summed E-state index contributed by atoms with van der Waals surface area (Å²) in [6.07, 6.45) is -1.95. The van der Waals surface area contributed by atoms with E-state index in [1.807, 2.05) is 13.8 Å². The van der Waals surface area contributed by atoms with Gasteiger partial charge in [0.25, 0.3) is 5.91 Å². The van der Waals surface area contributed by atoms with Gasteiger partial charge < -0.3 is 5.32 Å². The maximum atomic E-state index is 13.7. The highest BCUT2D eigenvalue weighted by atomic mass is 19.4. The molecular formula is C21H19F3N6O. The van der Waals surface area contributed by atoms with Crippen LogP contribution >= 0.6 is 0 Å². The van der Waals surface area contributed by atoms with Crippen LogP contribution in [0.3, 0.4) is 0 Å². The number of halogens is 3. The Bertz CT molecular complexity index is 1270. The van der Waals surface area contributed by atoms with Gasteiger partial charge in [0.05, 0.1) is 18.1 Å². The molecule has 7 nitrogen and oxygen atoms in total. The second-order valence-corrected chi connectivity index (χ2v) is 7.25. The van der Waals surface area contributed by atoms with Gasteiger partial charge in [-0.1, -0.05) is 29.8 Å². The minimum atomic E-state index is -4.67. The smallest absolute Gasteiger partial charge is 0.348 e. The Kier molecular flexibility index (Phi) is 5.00. The molecule has 4 rings (SSSR count). The molecule has 0 radical (unpaired) electrons. The second kappa shape index (κ2) is 7.53. The minimum absolute atomic E-state index is 0.0407. The van der Waals surface area contributed by atoms with E-state index in [-0.39, 0.29) is 23.4 Å². The molecule has 0 saturated heterocycles. The average molecular weight is 428 g/mol. The van der Waals surface area contributed by atoms with Crippen molar-refractivity contribution in [2.75, 3.05) is 0 Å². The van der Waals surface area contributed by atoms with E-state index >= 15 is 0 Å². The van der Waals surface area contributed by atoms with Crippen molar-refractivity contribution in [2.45, 2.75) is 26.6 Å². The number of alkyl halides is 3. The lowest BCUT2D eigenvalue weighted by Crippen LogP contribution is -2.23. The number of fused-ring (bicyclic) bond motifs is 1. The first-order valence-electron chi connectivity index (χ1n) is 9.44. The molecule has 0 aliphatic rings. The molecule has 3 aromatic heterocycles. The highest BCUT2D eigenvalue weighted by Crippen LogP contribution is 2.32. The van der Waals surface area contributed by atoms with Crippen LogP contribution in [0.5, 0.6) is 0 Å². The molecule has 0 spiro atoms. The minimum Gasteiger partial charge on any atom is -0.348 e. The predicted octanol–water partition coefficient (Wildman–Crippen LogP) is 3.70. The molecule has 0 unspecified atom stereocenters. The lowest BCUT2D eigenvalue weighted by molar-refractivity contribution is -0.142. The lowest BCUT2D eigenvalue weighted by Gasteiger charge is -2.12. The summed E-state index contributed by atoms with van der Waals surface area (Å²) in [4.78, 5) is 17.1. The van der Waals surface area contributed by atoms with E-state index < -0.39 is 17.8 Å². The van der Waals surface area contributed by atoms with E-state index in [2.05, 4.69) is 20.5 Å². The van der Waals surface area contributed by atoms with E-state index in [9.17, 15) is 18.0 Å². The molecule has 0 aliphatic heterocycles. The van der Waals surface area contributed by atoms with Crippen LogP contribution in [0.2, 0.25) is 0 Å². The van der Waals surface area contributed by atoms with Crippen molar-refractivity contribution in [3.05, 3.63) is 70.8 Å². The van der Waals surface area contributed by atoms with Gasteiger partial charge in [0.2, 0.25) is 0 Å². The summed E-state index contributed by atoms with van der Waals surface area (Å²) in [6.45, 7) is 3.92. The number of carbonyl (C=O) groups excluding carboxylic acids is 1. The molecule has 1 aromatic carbocycles. The first-order chi connectivity index (χ1) is 14.6. The van der Waals surface area contributed by atoms with Crippen LogP contribution in [-0.2, 0) is 19.8 Å². The Morgan fingerprint density at radius 2 is 1.81 bits per heavy atom. The van der Waals surface area contributed by atoms with Gasteiger partial charge in [-0.25, -0.2) is 9.50 Å². The zero-order valence-electron chi connectivity index (χ0n) is 17.0. The zero-order valence-corrected chi connectivity index (χ0v) is 17.0. The number of amides is 1. The molecule has 0 aliphatic carbocycles. The highest BCUT2D eigenvalue weighted by Gasteiger charge is 2.36. The summed E-state index contributed by atoms with van der Waals surface area (Å²) in [5.74, 6) is -0.570. The Balaban J connectivity index is 1.75. The van der Waals surface area contributed by atoms with Crippen molar-refractivity contribution >= 4 is 11.6 Å². The Morgan fingerprint density at radius 3 is 2.42 bits per heavy atom. The van der Waals surface area contributed by atoms with Gasteiger partial charge in [0.15, 0.2) is 11.3 Å². The molecule has 1 N–H and O–H groups in total. The van der Waals surface area contributed by atoms with Gasteiger partial charge in [-0.15, -0.1) is 0 Å². The average Bonchev–Trinajstić information content (AvgIpc) is 3.29. The number of carbonyl (C=O) groups is 1. The number of aryl methyl sites for hydroxylation is 2. The molecule has 160 valence electrons. The summed E-state index contributed by atoms with van der Waals surface area (Å²) >= 11 is 0. The van der Waals surface area contributed by atoms with E-state index in [1.54, 1.807) is 42.2 Å². The SMILES string of the molecule is Cc1ccc(-c2cc(C(F)(F)F)n3ncc(C(=O)NCc4cnn(C)c4C)c3n2)cc1. The number of benzene rings is 1. The zero-order chi connectivity index (χ0) is 22.3. The fraction of sp³-hybridized carbons (Fsp3) is 0.238. The van der Waals surface area contributed by atoms with Gasteiger partial charge in [-0.05, 0) is 19.9 Å². The Morgan fingerprint density at radius 1 is 1.10 bits per heavy atom. The van der Waals surface area contributed by atoms with Gasteiger partial charge in [0.1, 0.15) is 5.56 Å². The third-order valence-electron chi connectivity index (χ3n) is 5.13. The monoisotopic (exact) mass is 428 g/mol. The molecule has 0 atom stereocenters. The number of hydrogen-bond acceptors (Lipinski definition) is 4. The van der Waals surface area contributed by atoms with Crippen molar-refractivity contribution in [1.82, 2.24) is 29.7 Å². The normalized spacial score (nSPS) is 11.8. The van der Waals surface area contributed by atoms with Crippen molar-refractivity contribution < 1.29 is 18.0 Å².